The lowest BCUT2D eigenvalue weighted by Crippen LogP contribution is -2.32. The summed E-state index contributed by atoms with van der Waals surface area (Å²) in [6.07, 6.45) is 5.66. The highest BCUT2D eigenvalue weighted by Gasteiger charge is 2.22. The van der Waals surface area contributed by atoms with Gasteiger partial charge in [-0.05, 0) is 42.9 Å². The van der Waals surface area contributed by atoms with Crippen molar-refractivity contribution in [1.82, 2.24) is 14.8 Å². The van der Waals surface area contributed by atoms with Gasteiger partial charge in [0, 0.05) is 24.6 Å². The molecule has 2 N–H and O–H groups in total. The van der Waals surface area contributed by atoms with Gasteiger partial charge < -0.3 is 10.3 Å². The van der Waals surface area contributed by atoms with Crippen LogP contribution in [0, 0.1) is 0 Å². The molecular formula is C15H18N4. The Kier molecular flexibility index (Phi) is 2.45. The summed E-state index contributed by atoms with van der Waals surface area (Å²) in [6.45, 7) is 0.842. The van der Waals surface area contributed by atoms with Gasteiger partial charge in [0.05, 0.1) is 0 Å². The zero-order valence-corrected chi connectivity index (χ0v) is 11.0. The third-order valence-electron chi connectivity index (χ3n) is 4.34. The number of nitrogens with two attached hydrogens (primary N) is 1. The highest BCUT2D eigenvalue weighted by molar-refractivity contribution is 5.58. The Balaban J connectivity index is 1.79. The summed E-state index contributed by atoms with van der Waals surface area (Å²) in [7, 11) is 0. The average Bonchev–Trinajstić information content (AvgIpc) is 3.03. The van der Waals surface area contributed by atoms with Gasteiger partial charge in [0.25, 0.3) is 0 Å². The van der Waals surface area contributed by atoms with Gasteiger partial charge >= 0.3 is 0 Å². The summed E-state index contributed by atoms with van der Waals surface area (Å²) in [5.41, 5.74) is 10.2. The van der Waals surface area contributed by atoms with Crippen LogP contribution in [0.5, 0.6) is 0 Å². The Morgan fingerprint density at radius 1 is 1.11 bits per heavy atom. The summed E-state index contributed by atoms with van der Waals surface area (Å²) in [6, 6.07) is 6.96. The third kappa shape index (κ3) is 1.78. The van der Waals surface area contributed by atoms with Crippen LogP contribution in [-0.2, 0) is 25.8 Å². The predicted octanol–water partition coefficient (Wildman–Crippen LogP) is 1.71. The van der Waals surface area contributed by atoms with Gasteiger partial charge in [0.15, 0.2) is 5.82 Å². The van der Waals surface area contributed by atoms with Gasteiger partial charge in [-0.15, -0.1) is 10.2 Å². The zero-order chi connectivity index (χ0) is 12.8. The van der Waals surface area contributed by atoms with E-state index in [-0.39, 0.29) is 6.04 Å². The van der Waals surface area contributed by atoms with Crippen LogP contribution in [0.15, 0.2) is 18.2 Å². The molecule has 1 unspecified atom stereocenters. The minimum absolute atomic E-state index is 0.233. The molecule has 0 saturated carbocycles. The molecule has 0 spiro atoms. The molecule has 0 saturated heterocycles. The number of aryl methyl sites for hydroxylation is 3. The van der Waals surface area contributed by atoms with E-state index in [4.69, 9.17) is 5.73 Å². The average molecular weight is 254 g/mol. The molecule has 0 bridgehead atoms. The number of fused-ring (bicyclic) bond motifs is 2. The second-order valence-corrected chi connectivity index (χ2v) is 5.69. The zero-order valence-electron chi connectivity index (χ0n) is 11.0. The summed E-state index contributed by atoms with van der Waals surface area (Å²) in [5.74, 6) is 2.07. The maximum atomic E-state index is 6.07. The van der Waals surface area contributed by atoms with Gasteiger partial charge in [0.1, 0.15) is 5.82 Å². The maximum Gasteiger partial charge on any atom is 0.164 e. The minimum Gasteiger partial charge on any atom is -0.326 e. The molecule has 4 rings (SSSR count). The molecule has 1 aliphatic heterocycles. The van der Waals surface area contributed by atoms with E-state index in [1.54, 1.807) is 0 Å². The summed E-state index contributed by atoms with van der Waals surface area (Å²) < 4.78 is 2.20. The van der Waals surface area contributed by atoms with Crippen molar-refractivity contribution in [2.45, 2.75) is 44.7 Å². The molecule has 0 amide bonds. The second kappa shape index (κ2) is 4.17. The van der Waals surface area contributed by atoms with Gasteiger partial charge in [-0.25, -0.2) is 0 Å². The largest absolute Gasteiger partial charge is 0.326 e. The van der Waals surface area contributed by atoms with Crippen LogP contribution in [0.4, 0.5) is 0 Å². The highest BCUT2D eigenvalue weighted by Crippen LogP contribution is 2.28. The standard InChI is InChI=1S/C15H18N4/c16-13-6-7-14-17-18-15(19(14)9-13)12-5-4-10-2-1-3-11(10)8-12/h4-5,8,13H,1-3,6-7,9,16H2. The van der Waals surface area contributed by atoms with E-state index in [1.165, 1.54) is 36.0 Å². The lowest BCUT2D eigenvalue weighted by Gasteiger charge is -2.20. The smallest absolute Gasteiger partial charge is 0.164 e. The number of rotatable bonds is 1. The molecule has 0 radical (unpaired) electrons. The topological polar surface area (TPSA) is 56.7 Å². The maximum absolute atomic E-state index is 6.07. The number of benzene rings is 1. The van der Waals surface area contributed by atoms with Crippen molar-refractivity contribution in [3.8, 4) is 11.4 Å². The molecule has 1 aromatic carbocycles. The van der Waals surface area contributed by atoms with Gasteiger partial charge in [-0.1, -0.05) is 12.1 Å². The first-order valence-electron chi connectivity index (χ1n) is 7.11. The Bertz CT molecular complexity index is 629. The van der Waals surface area contributed by atoms with E-state index in [9.17, 15) is 0 Å². The molecule has 1 aliphatic carbocycles. The third-order valence-corrected chi connectivity index (χ3v) is 4.34. The molecule has 1 aromatic heterocycles. The van der Waals surface area contributed by atoms with Crippen molar-refractivity contribution in [2.24, 2.45) is 5.73 Å². The monoisotopic (exact) mass is 254 g/mol. The molecule has 1 atom stereocenters. The van der Waals surface area contributed by atoms with Crippen LogP contribution in [0.25, 0.3) is 11.4 Å². The molecule has 19 heavy (non-hydrogen) atoms. The summed E-state index contributed by atoms with van der Waals surface area (Å²) in [5, 5.41) is 8.70. The van der Waals surface area contributed by atoms with Gasteiger partial charge in [-0.2, -0.15) is 0 Å². The van der Waals surface area contributed by atoms with E-state index in [0.717, 1.165) is 31.0 Å². The van der Waals surface area contributed by atoms with Crippen molar-refractivity contribution in [3.05, 3.63) is 35.2 Å². The van der Waals surface area contributed by atoms with Crippen LogP contribution < -0.4 is 5.73 Å². The van der Waals surface area contributed by atoms with Crippen LogP contribution in [0.2, 0.25) is 0 Å². The van der Waals surface area contributed by atoms with E-state index in [1.807, 2.05) is 0 Å². The molecule has 4 heteroatoms. The molecule has 2 aromatic rings. The van der Waals surface area contributed by atoms with E-state index < -0.39 is 0 Å². The van der Waals surface area contributed by atoms with Crippen molar-refractivity contribution in [3.63, 3.8) is 0 Å². The van der Waals surface area contributed by atoms with Crippen LogP contribution in [-0.4, -0.2) is 20.8 Å². The predicted molar refractivity (Wildman–Crippen MR) is 73.8 cm³/mol. The highest BCUT2D eigenvalue weighted by atomic mass is 15.3. The van der Waals surface area contributed by atoms with Crippen LogP contribution in [0.1, 0.15) is 29.8 Å². The molecule has 2 aliphatic rings. The van der Waals surface area contributed by atoms with Crippen molar-refractivity contribution < 1.29 is 0 Å². The number of aromatic nitrogens is 3. The number of nitrogens with zero attached hydrogens (tertiary/aromatic N) is 3. The Hall–Kier alpha value is -1.68. The molecule has 2 heterocycles. The van der Waals surface area contributed by atoms with Crippen molar-refractivity contribution in [2.75, 3.05) is 0 Å². The first kappa shape index (κ1) is 11.2. The summed E-state index contributed by atoms with van der Waals surface area (Å²) >= 11 is 0. The molecule has 0 fully saturated rings. The van der Waals surface area contributed by atoms with E-state index in [2.05, 4.69) is 33.0 Å². The Morgan fingerprint density at radius 2 is 2.00 bits per heavy atom. The van der Waals surface area contributed by atoms with Gasteiger partial charge in [-0.3, -0.25) is 0 Å². The number of hydrogen-bond donors (Lipinski definition) is 1. The minimum atomic E-state index is 0.233. The van der Waals surface area contributed by atoms with Crippen molar-refractivity contribution >= 4 is 0 Å². The fraction of sp³-hybridized carbons (Fsp3) is 0.467. The fourth-order valence-corrected chi connectivity index (χ4v) is 3.28. The first-order chi connectivity index (χ1) is 9.31. The lowest BCUT2D eigenvalue weighted by molar-refractivity contribution is 0.456. The lowest BCUT2D eigenvalue weighted by atomic mass is 10.0. The normalized spacial score (nSPS) is 21.2. The molecule has 4 nitrogen and oxygen atoms in total. The fourth-order valence-electron chi connectivity index (χ4n) is 3.28. The number of hydrogen-bond acceptors (Lipinski definition) is 3. The van der Waals surface area contributed by atoms with Crippen LogP contribution >= 0.6 is 0 Å². The van der Waals surface area contributed by atoms with E-state index >= 15 is 0 Å². The first-order valence-corrected chi connectivity index (χ1v) is 7.11. The van der Waals surface area contributed by atoms with Crippen LogP contribution in [0.3, 0.4) is 0 Å². The van der Waals surface area contributed by atoms with E-state index in [0.29, 0.717) is 0 Å². The SMILES string of the molecule is NC1CCc2nnc(-c3ccc4c(c3)CCC4)n2C1. The molecular weight excluding hydrogens is 236 g/mol. The quantitative estimate of drug-likeness (QED) is 0.843. The van der Waals surface area contributed by atoms with Crippen molar-refractivity contribution in [1.29, 1.82) is 0 Å². The summed E-state index contributed by atoms with van der Waals surface area (Å²) in [4.78, 5) is 0. The Morgan fingerprint density at radius 3 is 2.95 bits per heavy atom. The molecule has 98 valence electrons. The van der Waals surface area contributed by atoms with Gasteiger partial charge in [0.2, 0.25) is 0 Å². The second-order valence-electron chi connectivity index (χ2n) is 5.69. The Labute approximate surface area is 112 Å².